The van der Waals surface area contributed by atoms with Gasteiger partial charge in [0.25, 0.3) is 5.91 Å². The summed E-state index contributed by atoms with van der Waals surface area (Å²) in [6.45, 7) is 2.81. The summed E-state index contributed by atoms with van der Waals surface area (Å²) in [6.07, 6.45) is 7.36. The van der Waals surface area contributed by atoms with Crippen LogP contribution in [-0.4, -0.2) is 28.6 Å². The number of thiocarbonyl (C=S) groups is 1. The molecule has 174 valence electrons. The third kappa shape index (κ3) is 5.81. The van der Waals surface area contributed by atoms with E-state index in [0.29, 0.717) is 40.5 Å². The Morgan fingerprint density at radius 2 is 2.00 bits per heavy atom. The van der Waals surface area contributed by atoms with Gasteiger partial charge in [-0.15, -0.1) is 0 Å². The van der Waals surface area contributed by atoms with E-state index in [1.54, 1.807) is 4.90 Å². The highest BCUT2D eigenvalue weighted by atomic mass is 127. The predicted octanol–water partition coefficient (Wildman–Crippen LogP) is 6.31. The lowest BCUT2D eigenvalue weighted by molar-refractivity contribution is -0.124. The van der Waals surface area contributed by atoms with Gasteiger partial charge >= 0.3 is 0 Å². The monoisotopic (exact) mass is 596 g/mol. The second-order valence-electron chi connectivity index (χ2n) is 8.14. The van der Waals surface area contributed by atoms with E-state index in [-0.39, 0.29) is 11.9 Å². The van der Waals surface area contributed by atoms with Crippen LogP contribution in [0.2, 0.25) is 5.02 Å². The van der Waals surface area contributed by atoms with Gasteiger partial charge in [-0.2, -0.15) is 0 Å². The largest absolute Gasteiger partial charge is 0.490 e. The van der Waals surface area contributed by atoms with Gasteiger partial charge in [0.05, 0.1) is 10.2 Å². The number of amides is 1. The Hall–Kier alpha value is -1.84. The second kappa shape index (κ2) is 11.1. The number of benzene rings is 2. The lowest BCUT2D eigenvalue weighted by atomic mass is 9.94. The molecule has 1 saturated heterocycles. The molecule has 1 amide bonds. The van der Waals surface area contributed by atoms with E-state index in [9.17, 15) is 4.79 Å². The molecular weight excluding hydrogens is 571 g/mol. The van der Waals surface area contributed by atoms with E-state index in [0.717, 1.165) is 40.4 Å². The van der Waals surface area contributed by atoms with Crippen LogP contribution in [0.5, 0.6) is 11.5 Å². The van der Waals surface area contributed by atoms with Crippen molar-refractivity contribution in [2.45, 2.75) is 51.7 Å². The summed E-state index contributed by atoms with van der Waals surface area (Å²) in [5.41, 5.74) is 2.32. The van der Waals surface area contributed by atoms with Crippen LogP contribution in [0, 0.1) is 3.57 Å². The Kier molecular flexibility index (Phi) is 8.14. The smallest absolute Gasteiger partial charge is 0.276 e. The summed E-state index contributed by atoms with van der Waals surface area (Å²) < 4.78 is 12.9. The molecule has 8 heteroatoms. The molecule has 5 nitrogen and oxygen atoms in total. The standard InChI is InChI=1S/C25H26ClIN2O3S/c1-2-31-22-14-17(12-20(27)23(22)32-15-16-7-6-8-18(26)11-16)13-21-24(30)29(25(33)28-21)19-9-4-3-5-10-19/h6-8,11-14,19H,2-5,9-10,15H2,1H3,(H,28,33)/b21-13-. The first-order chi connectivity index (χ1) is 16.0. The minimum atomic E-state index is -0.0545. The van der Waals surface area contributed by atoms with Crippen LogP contribution >= 0.6 is 46.4 Å². The summed E-state index contributed by atoms with van der Waals surface area (Å²) in [5, 5.41) is 4.29. The summed E-state index contributed by atoms with van der Waals surface area (Å²) >= 11 is 13.8. The van der Waals surface area contributed by atoms with E-state index in [2.05, 4.69) is 27.9 Å². The lowest BCUT2D eigenvalue weighted by Gasteiger charge is -2.29. The van der Waals surface area contributed by atoms with Gasteiger partial charge in [0, 0.05) is 11.1 Å². The molecule has 1 N–H and O–H groups in total. The first-order valence-electron chi connectivity index (χ1n) is 11.2. The molecule has 0 radical (unpaired) electrons. The van der Waals surface area contributed by atoms with Crippen LogP contribution < -0.4 is 14.8 Å². The van der Waals surface area contributed by atoms with Crippen LogP contribution in [0.15, 0.2) is 42.1 Å². The van der Waals surface area contributed by atoms with Crippen molar-refractivity contribution in [1.29, 1.82) is 0 Å². The first kappa shape index (κ1) is 24.3. The average Bonchev–Trinajstić information content (AvgIpc) is 3.06. The Labute approximate surface area is 218 Å². The van der Waals surface area contributed by atoms with Crippen molar-refractivity contribution in [2.24, 2.45) is 0 Å². The highest BCUT2D eigenvalue weighted by molar-refractivity contribution is 14.1. The molecule has 0 bridgehead atoms. The van der Waals surface area contributed by atoms with Gasteiger partial charge in [-0.1, -0.05) is 43.0 Å². The van der Waals surface area contributed by atoms with Crippen LogP contribution in [-0.2, 0) is 11.4 Å². The summed E-state index contributed by atoms with van der Waals surface area (Å²) in [6, 6.07) is 11.7. The van der Waals surface area contributed by atoms with Crippen LogP contribution in [0.4, 0.5) is 0 Å². The Morgan fingerprint density at radius 3 is 2.73 bits per heavy atom. The van der Waals surface area contributed by atoms with Gasteiger partial charge in [-0.3, -0.25) is 9.69 Å². The molecule has 2 aliphatic rings. The van der Waals surface area contributed by atoms with E-state index in [1.807, 2.05) is 49.4 Å². The van der Waals surface area contributed by atoms with E-state index < -0.39 is 0 Å². The molecule has 1 heterocycles. The molecule has 1 aliphatic carbocycles. The van der Waals surface area contributed by atoms with Crippen LogP contribution in [0.1, 0.15) is 50.2 Å². The lowest BCUT2D eigenvalue weighted by Crippen LogP contribution is -2.41. The minimum absolute atomic E-state index is 0.0545. The molecule has 2 fully saturated rings. The Bertz CT molecular complexity index is 1090. The van der Waals surface area contributed by atoms with E-state index in [1.165, 1.54) is 6.42 Å². The summed E-state index contributed by atoms with van der Waals surface area (Å²) in [5.74, 6) is 1.25. The zero-order chi connectivity index (χ0) is 23.4. The number of ether oxygens (including phenoxy) is 2. The third-order valence-electron chi connectivity index (χ3n) is 5.76. The van der Waals surface area contributed by atoms with Crippen molar-refractivity contribution in [2.75, 3.05) is 6.61 Å². The highest BCUT2D eigenvalue weighted by Gasteiger charge is 2.36. The summed E-state index contributed by atoms with van der Waals surface area (Å²) in [7, 11) is 0. The molecule has 0 aromatic heterocycles. The molecule has 1 aliphatic heterocycles. The number of nitrogens with one attached hydrogen (secondary N) is 1. The Balaban J connectivity index is 1.56. The molecule has 0 atom stereocenters. The number of nitrogens with zero attached hydrogens (tertiary/aromatic N) is 1. The molecular formula is C25H26ClIN2O3S. The number of carbonyl (C=O) groups is 1. The van der Waals surface area contributed by atoms with Gasteiger partial charge in [0.15, 0.2) is 16.6 Å². The van der Waals surface area contributed by atoms with Crippen molar-refractivity contribution in [3.8, 4) is 11.5 Å². The van der Waals surface area contributed by atoms with Gasteiger partial charge in [0.1, 0.15) is 12.3 Å². The normalized spacial score (nSPS) is 18.0. The number of rotatable bonds is 7. The third-order valence-corrected chi connectivity index (χ3v) is 7.10. The van der Waals surface area contributed by atoms with E-state index in [4.69, 9.17) is 33.3 Å². The zero-order valence-electron chi connectivity index (χ0n) is 18.4. The fourth-order valence-electron chi connectivity index (χ4n) is 4.24. The maximum Gasteiger partial charge on any atom is 0.276 e. The molecule has 33 heavy (non-hydrogen) atoms. The van der Waals surface area contributed by atoms with Crippen molar-refractivity contribution in [1.82, 2.24) is 10.2 Å². The predicted molar refractivity (Wildman–Crippen MR) is 144 cm³/mol. The molecule has 0 spiro atoms. The fourth-order valence-corrected chi connectivity index (χ4v) is 5.58. The minimum Gasteiger partial charge on any atom is -0.490 e. The van der Waals surface area contributed by atoms with Gasteiger partial charge in [0.2, 0.25) is 0 Å². The molecule has 4 rings (SSSR count). The number of hydrogen-bond donors (Lipinski definition) is 1. The van der Waals surface area contributed by atoms with Gasteiger partial charge < -0.3 is 14.8 Å². The molecule has 0 unspecified atom stereocenters. The Morgan fingerprint density at radius 1 is 1.21 bits per heavy atom. The van der Waals surface area contributed by atoms with Gasteiger partial charge in [-0.25, -0.2) is 0 Å². The summed E-state index contributed by atoms with van der Waals surface area (Å²) in [4.78, 5) is 14.9. The number of halogens is 2. The van der Waals surface area contributed by atoms with Crippen LogP contribution in [0.3, 0.4) is 0 Å². The average molecular weight is 597 g/mol. The quantitative estimate of drug-likeness (QED) is 0.231. The van der Waals surface area contributed by atoms with Crippen molar-refractivity contribution >= 4 is 63.5 Å². The van der Waals surface area contributed by atoms with Crippen molar-refractivity contribution in [3.63, 3.8) is 0 Å². The molecule has 2 aromatic carbocycles. The van der Waals surface area contributed by atoms with Crippen LogP contribution in [0.25, 0.3) is 6.08 Å². The molecule has 1 saturated carbocycles. The fraction of sp³-hybridized carbons (Fsp3) is 0.360. The van der Waals surface area contributed by atoms with Crippen molar-refractivity contribution < 1.29 is 14.3 Å². The SMILES string of the molecule is CCOc1cc(/C=C2\NC(=S)N(C3CCCCC3)C2=O)cc(I)c1OCc1cccc(Cl)c1. The zero-order valence-corrected chi connectivity index (χ0v) is 22.1. The highest BCUT2D eigenvalue weighted by Crippen LogP contribution is 2.36. The topological polar surface area (TPSA) is 50.8 Å². The number of hydrogen-bond acceptors (Lipinski definition) is 4. The first-order valence-corrected chi connectivity index (χ1v) is 13.0. The number of carbonyl (C=O) groups excluding carboxylic acids is 1. The molecule has 2 aromatic rings. The maximum atomic E-state index is 13.1. The van der Waals surface area contributed by atoms with Gasteiger partial charge in [-0.05, 0) is 96.0 Å². The maximum absolute atomic E-state index is 13.1. The van der Waals surface area contributed by atoms with E-state index >= 15 is 0 Å². The second-order valence-corrected chi connectivity index (χ2v) is 10.1. The van der Waals surface area contributed by atoms with Crippen molar-refractivity contribution in [3.05, 3.63) is 61.8 Å².